The van der Waals surface area contributed by atoms with E-state index in [0.717, 1.165) is 11.1 Å². The second kappa shape index (κ2) is 6.80. The first kappa shape index (κ1) is 16.1. The lowest BCUT2D eigenvalue weighted by atomic mass is 10.0. The number of carbonyl (C=O) groups excluding carboxylic acids is 1. The molecule has 1 saturated heterocycles. The fourth-order valence-corrected chi connectivity index (χ4v) is 5.19. The molecule has 0 spiro atoms. The number of rotatable bonds is 5. The number of aromatic nitrogens is 1. The van der Waals surface area contributed by atoms with Gasteiger partial charge in [-0.2, -0.15) is 11.3 Å². The summed E-state index contributed by atoms with van der Waals surface area (Å²) in [6.07, 6.45) is 4.51. The molecule has 1 N–H and O–H groups in total. The molecular weight excluding hydrogens is 332 g/mol. The molecule has 2 aromatic rings. The molecule has 0 bridgehead atoms. The molecule has 23 heavy (non-hydrogen) atoms. The predicted octanol–water partition coefficient (Wildman–Crippen LogP) is 1.98. The highest BCUT2D eigenvalue weighted by atomic mass is 32.2. The Morgan fingerprint density at radius 2 is 2.30 bits per heavy atom. The highest BCUT2D eigenvalue weighted by molar-refractivity contribution is 7.91. The van der Waals surface area contributed by atoms with E-state index in [1.54, 1.807) is 23.7 Å². The van der Waals surface area contributed by atoms with Gasteiger partial charge in [-0.1, -0.05) is 6.07 Å². The third kappa shape index (κ3) is 4.17. The van der Waals surface area contributed by atoms with E-state index in [1.807, 2.05) is 23.6 Å². The molecule has 1 fully saturated rings. The van der Waals surface area contributed by atoms with Gasteiger partial charge in [-0.05, 0) is 46.9 Å². The topological polar surface area (TPSA) is 76.1 Å². The van der Waals surface area contributed by atoms with Gasteiger partial charge >= 0.3 is 0 Å². The Morgan fingerprint density at radius 3 is 2.91 bits per heavy atom. The van der Waals surface area contributed by atoms with Crippen molar-refractivity contribution in [2.24, 2.45) is 5.92 Å². The van der Waals surface area contributed by atoms with Crippen molar-refractivity contribution in [3.05, 3.63) is 52.5 Å². The number of amides is 1. The van der Waals surface area contributed by atoms with Gasteiger partial charge in [0.05, 0.1) is 23.5 Å². The molecule has 0 radical (unpaired) electrons. The third-order valence-corrected chi connectivity index (χ3v) is 6.53. The van der Waals surface area contributed by atoms with Gasteiger partial charge in [0.2, 0.25) is 5.91 Å². The van der Waals surface area contributed by atoms with Gasteiger partial charge in [0.25, 0.3) is 0 Å². The average Bonchev–Trinajstić information content (AvgIpc) is 3.16. The van der Waals surface area contributed by atoms with Gasteiger partial charge < -0.3 is 5.32 Å². The Bertz CT molecular complexity index is 758. The lowest BCUT2D eigenvalue weighted by Crippen LogP contribution is -2.35. The quantitative estimate of drug-likeness (QED) is 0.894. The average molecular weight is 350 g/mol. The molecule has 5 nitrogen and oxygen atoms in total. The van der Waals surface area contributed by atoms with E-state index in [0.29, 0.717) is 12.8 Å². The summed E-state index contributed by atoms with van der Waals surface area (Å²) in [7, 11) is -3.06. The van der Waals surface area contributed by atoms with Crippen LogP contribution in [0.5, 0.6) is 0 Å². The van der Waals surface area contributed by atoms with E-state index in [9.17, 15) is 13.2 Å². The summed E-state index contributed by atoms with van der Waals surface area (Å²) in [5.74, 6) is -0.568. The number of carbonyl (C=O) groups is 1. The lowest BCUT2D eigenvalue weighted by molar-refractivity contribution is -0.125. The maximum atomic E-state index is 12.5. The molecule has 0 aliphatic carbocycles. The highest BCUT2D eigenvalue weighted by Crippen LogP contribution is 2.23. The van der Waals surface area contributed by atoms with Crippen LogP contribution in [0.25, 0.3) is 0 Å². The van der Waals surface area contributed by atoms with E-state index in [4.69, 9.17) is 0 Å². The minimum Gasteiger partial charge on any atom is -0.349 e. The van der Waals surface area contributed by atoms with Crippen LogP contribution in [0.1, 0.15) is 23.6 Å². The van der Waals surface area contributed by atoms with Crippen LogP contribution >= 0.6 is 11.3 Å². The molecule has 0 aromatic carbocycles. The van der Waals surface area contributed by atoms with Crippen LogP contribution in [0.2, 0.25) is 0 Å². The van der Waals surface area contributed by atoms with Crippen LogP contribution in [0.15, 0.2) is 41.4 Å². The van der Waals surface area contributed by atoms with E-state index >= 15 is 0 Å². The van der Waals surface area contributed by atoms with Crippen molar-refractivity contribution in [2.75, 3.05) is 11.5 Å². The first-order valence-corrected chi connectivity index (χ1v) is 10.2. The minimum absolute atomic E-state index is 0.0446. The van der Waals surface area contributed by atoms with Gasteiger partial charge in [0.15, 0.2) is 9.84 Å². The van der Waals surface area contributed by atoms with Crippen molar-refractivity contribution >= 4 is 27.1 Å². The van der Waals surface area contributed by atoms with Gasteiger partial charge in [-0.25, -0.2) is 8.42 Å². The molecule has 7 heteroatoms. The summed E-state index contributed by atoms with van der Waals surface area (Å²) >= 11 is 1.61. The monoisotopic (exact) mass is 350 g/mol. The molecule has 1 amide bonds. The molecule has 3 heterocycles. The van der Waals surface area contributed by atoms with Crippen LogP contribution in [-0.2, 0) is 21.1 Å². The number of hydrogen-bond acceptors (Lipinski definition) is 5. The van der Waals surface area contributed by atoms with Crippen molar-refractivity contribution in [3.8, 4) is 0 Å². The van der Waals surface area contributed by atoms with Crippen LogP contribution in [0, 0.1) is 5.92 Å². The summed E-state index contributed by atoms with van der Waals surface area (Å²) < 4.78 is 23.1. The lowest BCUT2D eigenvalue weighted by Gasteiger charge is -2.20. The van der Waals surface area contributed by atoms with Crippen molar-refractivity contribution < 1.29 is 13.2 Å². The maximum absolute atomic E-state index is 12.5. The zero-order chi connectivity index (χ0) is 16.3. The summed E-state index contributed by atoms with van der Waals surface area (Å²) in [6.45, 7) is 0. The normalized spacial score (nSPS) is 21.0. The van der Waals surface area contributed by atoms with Crippen LogP contribution < -0.4 is 5.32 Å². The largest absolute Gasteiger partial charge is 0.349 e. The van der Waals surface area contributed by atoms with Crippen molar-refractivity contribution in [1.29, 1.82) is 0 Å². The molecule has 1 aliphatic rings. The van der Waals surface area contributed by atoms with E-state index in [1.165, 1.54) is 0 Å². The summed E-state index contributed by atoms with van der Waals surface area (Å²) in [5.41, 5.74) is 2.07. The molecule has 122 valence electrons. The van der Waals surface area contributed by atoms with Crippen molar-refractivity contribution in [2.45, 2.75) is 18.9 Å². The van der Waals surface area contributed by atoms with Gasteiger partial charge in [-0.3, -0.25) is 9.78 Å². The fourth-order valence-electron chi connectivity index (χ4n) is 2.77. The molecule has 1 aliphatic heterocycles. The molecule has 0 unspecified atom stereocenters. The Labute approximate surface area is 139 Å². The standard InChI is InChI=1S/C16H18N2O3S2/c19-16(14-4-7-23(20,21)11-14)18-15(8-12-3-6-22-10-12)13-2-1-5-17-9-13/h1-3,5-6,9-10,14-15H,4,7-8,11H2,(H,18,19)/t14-,15+/m1/s1. The number of thiophene rings is 1. The Hall–Kier alpha value is -1.73. The number of nitrogens with zero attached hydrogens (tertiary/aromatic N) is 1. The molecule has 3 rings (SSSR count). The first-order chi connectivity index (χ1) is 11.0. The zero-order valence-electron chi connectivity index (χ0n) is 12.5. The number of sulfone groups is 1. The molecule has 2 atom stereocenters. The molecule has 0 saturated carbocycles. The van der Waals surface area contributed by atoms with Crippen LogP contribution in [0.4, 0.5) is 0 Å². The number of pyridine rings is 1. The SMILES string of the molecule is O=C(N[C@@H](Cc1ccsc1)c1cccnc1)[C@@H]1CCS(=O)(=O)C1. The zero-order valence-corrected chi connectivity index (χ0v) is 14.1. The minimum atomic E-state index is -3.06. The van der Waals surface area contributed by atoms with Crippen molar-refractivity contribution in [1.82, 2.24) is 10.3 Å². The summed E-state index contributed by atoms with van der Waals surface area (Å²) in [5, 5.41) is 7.06. The summed E-state index contributed by atoms with van der Waals surface area (Å²) in [6, 6.07) is 5.59. The molecular formula is C16H18N2O3S2. The van der Waals surface area contributed by atoms with Crippen LogP contribution in [-0.4, -0.2) is 30.8 Å². The van der Waals surface area contributed by atoms with Gasteiger partial charge in [-0.15, -0.1) is 0 Å². The predicted molar refractivity (Wildman–Crippen MR) is 89.9 cm³/mol. The van der Waals surface area contributed by atoms with Gasteiger partial charge in [0.1, 0.15) is 0 Å². The maximum Gasteiger partial charge on any atom is 0.224 e. The summed E-state index contributed by atoms with van der Waals surface area (Å²) in [4.78, 5) is 16.6. The van der Waals surface area contributed by atoms with Gasteiger partial charge in [0, 0.05) is 12.4 Å². The second-order valence-corrected chi connectivity index (χ2v) is 8.79. The Morgan fingerprint density at radius 1 is 1.43 bits per heavy atom. The Balaban J connectivity index is 1.75. The van der Waals surface area contributed by atoms with Crippen molar-refractivity contribution in [3.63, 3.8) is 0 Å². The first-order valence-electron chi connectivity index (χ1n) is 7.45. The number of hydrogen-bond donors (Lipinski definition) is 1. The smallest absolute Gasteiger partial charge is 0.224 e. The highest BCUT2D eigenvalue weighted by Gasteiger charge is 2.33. The van der Waals surface area contributed by atoms with E-state index < -0.39 is 15.8 Å². The van der Waals surface area contributed by atoms with E-state index in [-0.39, 0.29) is 23.5 Å². The number of nitrogens with one attached hydrogen (secondary N) is 1. The second-order valence-electron chi connectivity index (χ2n) is 5.78. The van der Waals surface area contributed by atoms with E-state index in [2.05, 4.69) is 15.7 Å². The fraction of sp³-hybridized carbons (Fsp3) is 0.375. The molecule has 2 aromatic heterocycles. The van der Waals surface area contributed by atoms with Crippen LogP contribution in [0.3, 0.4) is 0 Å². The Kier molecular flexibility index (Phi) is 4.77. The third-order valence-electron chi connectivity index (χ3n) is 4.03.